The predicted octanol–water partition coefficient (Wildman–Crippen LogP) is 11.0. The van der Waals surface area contributed by atoms with Crippen molar-refractivity contribution in [2.75, 3.05) is 20.6 Å². The summed E-state index contributed by atoms with van der Waals surface area (Å²) in [6.07, 6.45) is 20.2. The van der Waals surface area contributed by atoms with Crippen LogP contribution in [0.3, 0.4) is 0 Å². The molecular weight excluding hydrogens is 578 g/mol. The number of benzene rings is 3. The highest BCUT2D eigenvalue weighted by molar-refractivity contribution is 7.99. The normalized spacial score (nSPS) is 11.1. The summed E-state index contributed by atoms with van der Waals surface area (Å²) in [5.74, 6) is -1.91. The molecule has 0 aliphatic carbocycles. The van der Waals surface area contributed by atoms with Gasteiger partial charge in [0.25, 0.3) is 0 Å². The molecular formula is C39H56NO4S+. The van der Waals surface area contributed by atoms with Crippen LogP contribution in [0.15, 0.2) is 88.7 Å². The Morgan fingerprint density at radius 3 is 1.31 bits per heavy atom. The van der Waals surface area contributed by atoms with Crippen LogP contribution < -0.4 is 0 Å². The van der Waals surface area contributed by atoms with Crippen LogP contribution in [-0.2, 0) is 6.54 Å². The Kier molecular flexibility index (Phi) is 19.0. The zero-order valence-corrected chi connectivity index (χ0v) is 28.7. The lowest BCUT2D eigenvalue weighted by atomic mass is 10.0. The quantitative estimate of drug-likeness (QED) is 0.0901. The molecule has 246 valence electrons. The Labute approximate surface area is 276 Å². The second-order valence-corrected chi connectivity index (χ2v) is 13.8. The van der Waals surface area contributed by atoms with Crippen molar-refractivity contribution in [2.45, 2.75) is 113 Å². The molecule has 0 saturated carbocycles. The number of quaternary nitrogens is 1. The van der Waals surface area contributed by atoms with Crippen LogP contribution >= 0.6 is 11.8 Å². The van der Waals surface area contributed by atoms with Crippen molar-refractivity contribution in [3.8, 4) is 0 Å². The number of carbonyl (C=O) groups is 2. The standard InChI is InChI=1S/C25H46N.C14H10O4S/c1-4-5-6-7-8-9-10-11-12-13-14-15-16-20-23-26(2,3)24-25-21-18-17-19-22-25;15-13(16)9-1-5-11(6-2-9)19-12-7-3-10(4-8-12)14(17)18/h17-19,21-22H,4-16,20,23-24H2,1-3H3;1-8H,(H,15,16)(H,17,18)/q+1;. The first-order valence-corrected chi connectivity index (χ1v) is 17.7. The van der Waals surface area contributed by atoms with Crippen molar-refractivity contribution < 1.29 is 24.3 Å². The monoisotopic (exact) mass is 634 g/mol. The molecule has 0 atom stereocenters. The second-order valence-electron chi connectivity index (χ2n) is 12.7. The summed E-state index contributed by atoms with van der Waals surface area (Å²) in [5.41, 5.74) is 1.94. The summed E-state index contributed by atoms with van der Waals surface area (Å²) in [5, 5.41) is 17.6. The number of carboxylic acids is 2. The molecule has 0 spiro atoms. The third-order valence-corrected chi connectivity index (χ3v) is 9.02. The largest absolute Gasteiger partial charge is 0.478 e. The van der Waals surface area contributed by atoms with Gasteiger partial charge < -0.3 is 14.7 Å². The smallest absolute Gasteiger partial charge is 0.335 e. The Bertz CT molecular complexity index is 1150. The van der Waals surface area contributed by atoms with E-state index in [0.29, 0.717) is 0 Å². The van der Waals surface area contributed by atoms with Gasteiger partial charge in [0, 0.05) is 15.4 Å². The third-order valence-electron chi connectivity index (χ3n) is 8.01. The third kappa shape index (κ3) is 17.8. The zero-order valence-electron chi connectivity index (χ0n) is 27.9. The van der Waals surface area contributed by atoms with Gasteiger partial charge in [-0.2, -0.15) is 0 Å². The highest BCUT2D eigenvalue weighted by Gasteiger charge is 2.15. The zero-order chi connectivity index (χ0) is 32.8. The summed E-state index contributed by atoms with van der Waals surface area (Å²) in [6, 6.07) is 24.0. The topological polar surface area (TPSA) is 74.6 Å². The van der Waals surface area contributed by atoms with Gasteiger partial charge in [-0.1, -0.05) is 126 Å². The number of aromatic carboxylic acids is 2. The molecule has 0 saturated heterocycles. The van der Waals surface area contributed by atoms with Gasteiger partial charge in [0.05, 0.1) is 31.8 Å². The molecule has 0 aromatic heterocycles. The fraction of sp³-hybridized carbons (Fsp3) is 0.487. The van der Waals surface area contributed by atoms with Gasteiger partial charge in [0.2, 0.25) is 0 Å². The Morgan fingerprint density at radius 1 is 0.556 bits per heavy atom. The van der Waals surface area contributed by atoms with Crippen LogP contribution in [0.1, 0.15) is 123 Å². The van der Waals surface area contributed by atoms with E-state index in [0.717, 1.165) is 20.8 Å². The molecule has 0 aliphatic rings. The lowest BCUT2D eigenvalue weighted by Gasteiger charge is -2.30. The highest BCUT2D eigenvalue weighted by Crippen LogP contribution is 2.28. The number of carboxylic acid groups (broad SMARTS) is 2. The molecule has 45 heavy (non-hydrogen) atoms. The van der Waals surface area contributed by atoms with E-state index >= 15 is 0 Å². The van der Waals surface area contributed by atoms with Gasteiger partial charge in [0.15, 0.2) is 0 Å². The molecule has 0 fully saturated rings. The van der Waals surface area contributed by atoms with E-state index in [4.69, 9.17) is 10.2 Å². The SMILES string of the molecule is CCCCCCCCCCCCCCCC[N+](C)(C)Cc1ccccc1.O=C(O)c1ccc(Sc2ccc(C(=O)O)cc2)cc1. The fourth-order valence-electron chi connectivity index (χ4n) is 5.36. The fourth-order valence-corrected chi connectivity index (χ4v) is 6.17. The van der Waals surface area contributed by atoms with Crippen molar-refractivity contribution in [3.63, 3.8) is 0 Å². The molecule has 2 N–H and O–H groups in total. The van der Waals surface area contributed by atoms with E-state index in [1.165, 1.54) is 138 Å². The highest BCUT2D eigenvalue weighted by atomic mass is 32.2. The first-order valence-electron chi connectivity index (χ1n) is 16.9. The number of hydrogen-bond acceptors (Lipinski definition) is 3. The first-order chi connectivity index (χ1) is 21.7. The maximum Gasteiger partial charge on any atom is 0.335 e. The molecule has 0 bridgehead atoms. The van der Waals surface area contributed by atoms with E-state index in [2.05, 4.69) is 51.4 Å². The molecule has 6 heteroatoms. The lowest BCUT2D eigenvalue weighted by Crippen LogP contribution is -2.39. The molecule has 3 aromatic carbocycles. The van der Waals surface area contributed by atoms with Gasteiger partial charge >= 0.3 is 11.9 Å². The molecule has 0 unspecified atom stereocenters. The van der Waals surface area contributed by atoms with Crippen molar-refractivity contribution in [1.29, 1.82) is 0 Å². The maximum atomic E-state index is 10.7. The van der Waals surface area contributed by atoms with Gasteiger partial charge in [-0.3, -0.25) is 0 Å². The van der Waals surface area contributed by atoms with Crippen LogP contribution in [0.4, 0.5) is 0 Å². The molecule has 3 aromatic rings. The number of nitrogens with zero attached hydrogens (tertiary/aromatic N) is 1. The number of rotatable bonds is 21. The molecule has 0 radical (unpaired) electrons. The summed E-state index contributed by atoms with van der Waals surface area (Å²) in [6.45, 7) is 4.75. The molecule has 5 nitrogen and oxygen atoms in total. The van der Waals surface area contributed by atoms with Crippen LogP contribution in [0.2, 0.25) is 0 Å². The van der Waals surface area contributed by atoms with Crippen molar-refractivity contribution in [3.05, 3.63) is 95.6 Å². The number of unbranched alkanes of at least 4 members (excludes halogenated alkanes) is 13. The Hall–Kier alpha value is -3.09. The maximum absolute atomic E-state index is 10.7. The van der Waals surface area contributed by atoms with Crippen molar-refractivity contribution in [2.24, 2.45) is 0 Å². The predicted molar refractivity (Wildman–Crippen MR) is 188 cm³/mol. The van der Waals surface area contributed by atoms with Crippen LogP contribution in [0.25, 0.3) is 0 Å². The lowest BCUT2D eigenvalue weighted by molar-refractivity contribution is -0.903. The average Bonchev–Trinajstić information content (AvgIpc) is 3.02. The Morgan fingerprint density at radius 2 is 0.933 bits per heavy atom. The molecule has 3 rings (SSSR count). The minimum atomic E-state index is -0.956. The Balaban J connectivity index is 0.000000328. The van der Waals surface area contributed by atoms with Crippen molar-refractivity contribution in [1.82, 2.24) is 0 Å². The summed E-state index contributed by atoms with van der Waals surface area (Å²) >= 11 is 1.44. The van der Waals surface area contributed by atoms with Crippen LogP contribution in [-0.4, -0.2) is 47.3 Å². The molecule has 0 amide bonds. The second kappa shape index (κ2) is 22.4. The van der Waals surface area contributed by atoms with E-state index < -0.39 is 11.9 Å². The van der Waals surface area contributed by atoms with Crippen LogP contribution in [0.5, 0.6) is 0 Å². The van der Waals surface area contributed by atoms with Gasteiger partial charge in [-0.05, 0) is 61.4 Å². The van der Waals surface area contributed by atoms with Gasteiger partial charge in [-0.15, -0.1) is 0 Å². The summed E-state index contributed by atoms with van der Waals surface area (Å²) in [7, 11) is 4.74. The van der Waals surface area contributed by atoms with Gasteiger partial charge in [-0.25, -0.2) is 9.59 Å². The number of hydrogen-bond donors (Lipinski definition) is 2. The molecule has 0 heterocycles. The van der Waals surface area contributed by atoms with E-state index in [1.807, 2.05) is 0 Å². The van der Waals surface area contributed by atoms with E-state index in [9.17, 15) is 9.59 Å². The van der Waals surface area contributed by atoms with Crippen LogP contribution in [0, 0.1) is 0 Å². The molecule has 0 aliphatic heterocycles. The summed E-state index contributed by atoms with van der Waals surface area (Å²) in [4.78, 5) is 23.2. The minimum Gasteiger partial charge on any atom is -0.478 e. The first kappa shape index (κ1) is 38.1. The minimum absolute atomic E-state index is 0.241. The van der Waals surface area contributed by atoms with Crippen molar-refractivity contribution >= 4 is 23.7 Å². The van der Waals surface area contributed by atoms with E-state index in [1.54, 1.807) is 24.3 Å². The van der Waals surface area contributed by atoms with E-state index in [-0.39, 0.29) is 11.1 Å². The average molecular weight is 635 g/mol. The summed E-state index contributed by atoms with van der Waals surface area (Å²) < 4.78 is 1.11. The van der Waals surface area contributed by atoms with Gasteiger partial charge in [0.1, 0.15) is 6.54 Å².